The highest BCUT2D eigenvalue weighted by atomic mass is 32.2. The highest BCUT2D eigenvalue weighted by Gasteiger charge is 2.13. The van der Waals surface area contributed by atoms with Gasteiger partial charge in [0.15, 0.2) is 5.58 Å². The first-order valence-corrected chi connectivity index (χ1v) is 9.91. The Morgan fingerprint density at radius 3 is 2.93 bits per heavy atom. The van der Waals surface area contributed by atoms with Gasteiger partial charge in [0.25, 0.3) is 0 Å². The van der Waals surface area contributed by atoms with Crippen LogP contribution in [0.3, 0.4) is 0 Å². The van der Waals surface area contributed by atoms with E-state index < -0.39 is 0 Å². The first-order chi connectivity index (χ1) is 13.2. The first kappa shape index (κ1) is 17.8. The largest absolute Gasteiger partial charge is 0.420 e. The second-order valence-electron chi connectivity index (χ2n) is 5.83. The summed E-state index contributed by atoms with van der Waals surface area (Å²) >= 11 is 2.67. The van der Waals surface area contributed by atoms with Crippen LogP contribution >= 0.6 is 23.5 Å². The van der Waals surface area contributed by atoms with E-state index in [-0.39, 0.29) is 5.76 Å². The molecule has 0 atom stereocenters. The number of fused-ring (bicyclic) bond motifs is 1. The van der Waals surface area contributed by atoms with Gasteiger partial charge < -0.3 is 14.9 Å². The van der Waals surface area contributed by atoms with Crippen molar-refractivity contribution in [2.75, 3.05) is 11.3 Å². The summed E-state index contributed by atoms with van der Waals surface area (Å²) in [7, 11) is 0. The fourth-order valence-corrected chi connectivity index (χ4v) is 3.94. The predicted molar refractivity (Wildman–Crippen MR) is 109 cm³/mol. The molecule has 4 rings (SSSR count). The number of nitrogens with one attached hydrogen (secondary N) is 1. The van der Waals surface area contributed by atoms with E-state index in [1.165, 1.54) is 29.8 Å². The summed E-state index contributed by atoms with van der Waals surface area (Å²) in [6, 6.07) is 5.67. The standard InChI is InChI=1S/C18H17N5O2S2/c19-9-12-4-2-1-3-5-13(12)10-23-15-7-6-14(8-16(15)25-18(23)24)26-22-17-20-11-21-27-17/h2-8,11H,1,9-10,19H2,(H,20,21,22). The minimum Gasteiger partial charge on any atom is -0.408 e. The molecule has 1 aliphatic carbocycles. The van der Waals surface area contributed by atoms with E-state index in [0.29, 0.717) is 23.8 Å². The van der Waals surface area contributed by atoms with Crippen LogP contribution in [0, 0.1) is 0 Å². The SMILES string of the molecule is NCC1=C(Cn2c(=O)oc3cc(SNc4ncns4)ccc32)C=CCC=C1. The highest BCUT2D eigenvalue weighted by Crippen LogP contribution is 2.26. The number of hydrogen-bond donors (Lipinski definition) is 2. The molecule has 0 aliphatic heterocycles. The Morgan fingerprint density at radius 1 is 1.30 bits per heavy atom. The van der Waals surface area contributed by atoms with Gasteiger partial charge in [-0.05, 0) is 47.7 Å². The number of nitrogens with two attached hydrogens (primary N) is 1. The summed E-state index contributed by atoms with van der Waals surface area (Å²) in [6.07, 6.45) is 10.5. The second-order valence-corrected chi connectivity index (χ2v) is 7.49. The Bertz CT molecular complexity index is 1090. The molecule has 3 N–H and O–H groups in total. The zero-order valence-electron chi connectivity index (χ0n) is 14.3. The molecule has 138 valence electrons. The average molecular weight is 400 g/mol. The summed E-state index contributed by atoms with van der Waals surface area (Å²) in [4.78, 5) is 17.4. The third-order valence-electron chi connectivity index (χ3n) is 4.13. The number of oxazole rings is 1. The molecular formula is C18H17N5O2S2. The third-order valence-corrected chi connectivity index (χ3v) is 5.62. The summed E-state index contributed by atoms with van der Waals surface area (Å²) in [6.45, 7) is 0.855. The van der Waals surface area contributed by atoms with Gasteiger partial charge in [0, 0.05) is 23.0 Å². The number of hydrogen-bond acceptors (Lipinski definition) is 8. The zero-order chi connectivity index (χ0) is 18.6. The minimum atomic E-state index is -0.380. The van der Waals surface area contributed by atoms with Gasteiger partial charge in [-0.3, -0.25) is 4.57 Å². The van der Waals surface area contributed by atoms with Crippen LogP contribution in [0.4, 0.5) is 5.13 Å². The summed E-state index contributed by atoms with van der Waals surface area (Å²) < 4.78 is 14.2. The maximum absolute atomic E-state index is 12.4. The molecule has 0 unspecified atom stereocenters. The van der Waals surface area contributed by atoms with Crippen molar-refractivity contribution >= 4 is 39.7 Å². The molecule has 1 aromatic carbocycles. The molecule has 0 bridgehead atoms. The number of anilines is 1. The van der Waals surface area contributed by atoms with Crippen LogP contribution in [-0.4, -0.2) is 20.5 Å². The highest BCUT2D eigenvalue weighted by molar-refractivity contribution is 8.00. The van der Waals surface area contributed by atoms with Crippen LogP contribution in [0.1, 0.15) is 6.42 Å². The van der Waals surface area contributed by atoms with E-state index >= 15 is 0 Å². The van der Waals surface area contributed by atoms with Gasteiger partial charge in [0.1, 0.15) is 6.33 Å². The van der Waals surface area contributed by atoms with Gasteiger partial charge >= 0.3 is 5.76 Å². The third kappa shape index (κ3) is 3.90. The lowest BCUT2D eigenvalue weighted by molar-refractivity contribution is 0.517. The van der Waals surface area contributed by atoms with Crippen molar-refractivity contribution < 1.29 is 4.42 Å². The van der Waals surface area contributed by atoms with E-state index in [1.54, 1.807) is 4.57 Å². The zero-order valence-corrected chi connectivity index (χ0v) is 15.9. The smallest absolute Gasteiger partial charge is 0.408 e. The Kier molecular flexibility index (Phi) is 5.23. The molecule has 2 heterocycles. The summed E-state index contributed by atoms with van der Waals surface area (Å²) in [5.41, 5.74) is 9.21. The molecular weight excluding hydrogens is 382 g/mol. The number of aromatic nitrogens is 3. The Labute approximate surface area is 163 Å². The fraction of sp³-hybridized carbons (Fsp3) is 0.167. The lowest BCUT2D eigenvalue weighted by Gasteiger charge is -2.08. The van der Waals surface area contributed by atoms with Gasteiger partial charge in [-0.2, -0.15) is 4.37 Å². The lowest BCUT2D eigenvalue weighted by Crippen LogP contribution is -2.17. The van der Waals surface area contributed by atoms with Gasteiger partial charge in [-0.1, -0.05) is 24.3 Å². The van der Waals surface area contributed by atoms with E-state index in [4.69, 9.17) is 10.2 Å². The normalized spacial score (nSPS) is 14.1. The predicted octanol–water partition coefficient (Wildman–Crippen LogP) is 3.34. The fourth-order valence-electron chi connectivity index (χ4n) is 2.82. The molecule has 0 amide bonds. The Morgan fingerprint density at radius 2 is 2.15 bits per heavy atom. The quantitative estimate of drug-likeness (QED) is 0.613. The Hall–Kier alpha value is -2.62. The minimum absolute atomic E-state index is 0.380. The van der Waals surface area contributed by atoms with Crippen LogP contribution in [0.2, 0.25) is 0 Å². The number of benzene rings is 1. The lowest BCUT2D eigenvalue weighted by atomic mass is 10.1. The molecule has 0 spiro atoms. The number of nitrogens with zero attached hydrogens (tertiary/aromatic N) is 3. The van der Waals surface area contributed by atoms with Crippen molar-refractivity contribution in [1.82, 2.24) is 13.9 Å². The molecule has 0 saturated carbocycles. The number of rotatable bonds is 6. The van der Waals surface area contributed by atoms with Gasteiger partial charge in [0.2, 0.25) is 5.13 Å². The van der Waals surface area contributed by atoms with Gasteiger partial charge in [-0.25, -0.2) is 9.78 Å². The molecule has 9 heteroatoms. The Balaban J connectivity index is 1.62. The summed E-state index contributed by atoms with van der Waals surface area (Å²) in [5.74, 6) is -0.380. The van der Waals surface area contributed by atoms with Crippen LogP contribution in [-0.2, 0) is 6.54 Å². The second kappa shape index (κ2) is 7.95. The molecule has 7 nitrogen and oxygen atoms in total. The van der Waals surface area contributed by atoms with Gasteiger partial charge in [0.05, 0.1) is 12.1 Å². The van der Waals surface area contributed by atoms with Crippen molar-refractivity contribution in [3.05, 3.63) is 70.5 Å². The van der Waals surface area contributed by atoms with E-state index in [1.807, 2.05) is 30.4 Å². The molecule has 1 aliphatic rings. The maximum Gasteiger partial charge on any atom is 0.420 e. The molecule has 0 saturated heterocycles. The van der Waals surface area contributed by atoms with Crippen molar-refractivity contribution in [2.45, 2.75) is 17.9 Å². The molecule has 2 aromatic heterocycles. The van der Waals surface area contributed by atoms with Crippen molar-refractivity contribution in [2.24, 2.45) is 5.73 Å². The van der Waals surface area contributed by atoms with Crippen LogP contribution < -0.4 is 16.2 Å². The average Bonchev–Trinajstić information content (AvgIpc) is 3.22. The number of allylic oxidation sites excluding steroid dienone is 4. The van der Waals surface area contributed by atoms with Crippen LogP contribution in [0.15, 0.2) is 74.1 Å². The van der Waals surface area contributed by atoms with Gasteiger partial charge in [-0.15, -0.1) is 0 Å². The molecule has 3 aromatic rings. The van der Waals surface area contributed by atoms with E-state index in [0.717, 1.165) is 28.0 Å². The van der Waals surface area contributed by atoms with E-state index in [9.17, 15) is 4.79 Å². The monoisotopic (exact) mass is 399 g/mol. The molecule has 27 heavy (non-hydrogen) atoms. The molecule has 0 fully saturated rings. The topological polar surface area (TPSA) is 99.0 Å². The molecule has 0 radical (unpaired) electrons. The van der Waals surface area contributed by atoms with Crippen molar-refractivity contribution in [3.63, 3.8) is 0 Å². The summed E-state index contributed by atoms with van der Waals surface area (Å²) in [5, 5.41) is 0.716. The van der Waals surface area contributed by atoms with Crippen molar-refractivity contribution in [3.8, 4) is 0 Å². The maximum atomic E-state index is 12.4. The van der Waals surface area contributed by atoms with Crippen LogP contribution in [0.25, 0.3) is 11.1 Å². The first-order valence-electron chi connectivity index (χ1n) is 8.32. The van der Waals surface area contributed by atoms with Crippen LogP contribution in [0.5, 0.6) is 0 Å². The van der Waals surface area contributed by atoms with E-state index in [2.05, 4.69) is 26.2 Å². The van der Waals surface area contributed by atoms with Crippen molar-refractivity contribution in [1.29, 1.82) is 0 Å².